The summed E-state index contributed by atoms with van der Waals surface area (Å²) < 4.78 is 11.1. The van der Waals surface area contributed by atoms with Crippen LogP contribution in [0.1, 0.15) is 36.7 Å². The predicted molar refractivity (Wildman–Crippen MR) is 78.3 cm³/mol. The average Bonchev–Trinajstić information content (AvgIpc) is 2.42. The van der Waals surface area contributed by atoms with Crippen LogP contribution in [0.4, 0.5) is 0 Å². The van der Waals surface area contributed by atoms with Gasteiger partial charge in [-0.1, -0.05) is 0 Å². The molecule has 0 N–H and O–H groups in total. The molecule has 0 amide bonds. The number of nitrogens with zero attached hydrogens (tertiary/aromatic N) is 1. The van der Waals surface area contributed by atoms with Crippen LogP contribution in [-0.2, 0) is 11.3 Å². The van der Waals surface area contributed by atoms with Gasteiger partial charge in [-0.25, -0.2) is 0 Å². The lowest BCUT2D eigenvalue weighted by atomic mass is 10.1. The molecule has 1 aromatic carbocycles. The van der Waals surface area contributed by atoms with Crippen molar-refractivity contribution in [2.24, 2.45) is 0 Å². The van der Waals surface area contributed by atoms with Crippen LogP contribution in [0.3, 0.4) is 0 Å². The number of ether oxygens (including phenoxy) is 2. The van der Waals surface area contributed by atoms with Gasteiger partial charge in [-0.15, -0.1) is 0 Å². The molecule has 0 spiro atoms. The maximum Gasteiger partial charge on any atom is 0.159 e. The molecule has 0 radical (unpaired) electrons. The summed E-state index contributed by atoms with van der Waals surface area (Å²) in [6, 6.07) is 6.00. The zero-order valence-corrected chi connectivity index (χ0v) is 12.7. The molecule has 4 nitrogen and oxygen atoms in total. The van der Waals surface area contributed by atoms with E-state index in [1.807, 2.05) is 18.2 Å². The molecule has 1 fully saturated rings. The van der Waals surface area contributed by atoms with Gasteiger partial charge in [0.25, 0.3) is 0 Å². The highest BCUT2D eigenvalue weighted by molar-refractivity contribution is 5.94. The number of benzene rings is 1. The van der Waals surface area contributed by atoms with Gasteiger partial charge in [0.05, 0.1) is 19.8 Å². The molecule has 2 atom stereocenters. The first-order chi connectivity index (χ1) is 9.51. The third-order valence-electron chi connectivity index (χ3n) is 3.80. The van der Waals surface area contributed by atoms with E-state index < -0.39 is 0 Å². The molecule has 4 heteroatoms. The van der Waals surface area contributed by atoms with Crippen LogP contribution in [0.5, 0.6) is 5.75 Å². The Kier molecular flexibility index (Phi) is 4.78. The SMILES string of the molecule is COc1ccc(C(C)=O)cc1CN1CC(C)OCC1C. The summed E-state index contributed by atoms with van der Waals surface area (Å²) in [5, 5.41) is 0. The summed E-state index contributed by atoms with van der Waals surface area (Å²) in [5.41, 5.74) is 1.79. The lowest BCUT2D eigenvalue weighted by Crippen LogP contribution is -2.46. The van der Waals surface area contributed by atoms with Crippen LogP contribution in [0.25, 0.3) is 0 Å². The molecule has 1 aliphatic heterocycles. The molecular weight excluding hydrogens is 254 g/mol. The second-order valence-corrected chi connectivity index (χ2v) is 5.51. The van der Waals surface area contributed by atoms with Crippen molar-refractivity contribution < 1.29 is 14.3 Å². The van der Waals surface area contributed by atoms with Crippen molar-refractivity contribution >= 4 is 5.78 Å². The number of ketones is 1. The van der Waals surface area contributed by atoms with Gasteiger partial charge in [-0.05, 0) is 39.0 Å². The molecule has 1 heterocycles. The Labute approximate surface area is 120 Å². The van der Waals surface area contributed by atoms with Gasteiger partial charge in [0.2, 0.25) is 0 Å². The third kappa shape index (κ3) is 3.38. The number of carbonyl (C=O) groups is 1. The van der Waals surface area contributed by atoms with Crippen molar-refractivity contribution in [3.05, 3.63) is 29.3 Å². The Morgan fingerprint density at radius 2 is 2.20 bits per heavy atom. The summed E-state index contributed by atoms with van der Waals surface area (Å²) in [5.74, 6) is 0.915. The van der Waals surface area contributed by atoms with Gasteiger partial charge >= 0.3 is 0 Å². The molecule has 20 heavy (non-hydrogen) atoms. The van der Waals surface area contributed by atoms with Crippen molar-refractivity contribution in [1.29, 1.82) is 0 Å². The topological polar surface area (TPSA) is 38.8 Å². The second-order valence-electron chi connectivity index (χ2n) is 5.51. The fourth-order valence-electron chi connectivity index (χ4n) is 2.53. The largest absolute Gasteiger partial charge is 0.496 e. The van der Waals surface area contributed by atoms with Crippen LogP contribution in [-0.4, -0.2) is 43.1 Å². The van der Waals surface area contributed by atoms with E-state index in [1.165, 1.54) is 0 Å². The Morgan fingerprint density at radius 3 is 2.85 bits per heavy atom. The molecule has 110 valence electrons. The molecule has 0 bridgehead atoms. The summed E-state index contributed by atoms with van der Waals surface area (Å²) in [6.45, 7) is 8.25. The number of carbonyl (C=O) groups excluding carboxylic acids is 1. The molecular formula is C16H23NO3. The summed E-state index contributed by atoms with van der Waals surface area (Å²) in [6.07, 6.45) is 0.244. The lowest BCUT2D eigenvalue weighted by molar-refractivity contribution is -0.0528. The quantitative estimate of drug-likeness (QED) is 0.793. The zero-order valence-electron chi connectivity index (χ0n) is 12.7. The standard InChI is InChI=1S/C16H23NO3/c1-11-10-20-12(2)8-17(11)9-15-7-14(13(3)18)5-6-16(15)19-4/h5-7,11-12H,8-10H2,1-4H3. The number of hydrogen-bond acceptors (Lipinski definition) is 4. The first-order valence-electron chi connectivity index (χ1n) is 7.04. The van der Waals surface area contributed by atoms with Gasteiger partial charge in [-0.2, -0.15) is 0 Å². The van der Waals surface area contributed by atoms with E-state index >= 15 is 0 Å². The van der Waals surface area contributed by atoms with Gasteiger partial charge < -0.3 is 9.47 Å². The fraction of sp³-hybridized carbons (Fsp3) is 0.562. The molecule has 1 saturated heterocycles. The van der Waals surface area contributed by atoms with Crippen LogP contribution >= 0.6 is 0 Å². The van der Waals surface area contributed by atoms with E-state index in [9.17, 15) is 4.79 Å². The van der Waals surface area contributed by atoms with Gasteiger partial charge in [0.1, 0.15) is 5.75 Å². The Hall–Kier alpha value is -1.39. The van der Waals surface area contributed by atoms with E-state index in [0.717, 1.165) is 36.6 Å². The van der Waals surface area contributed by atoms with Gasteiger partial charge in [0.15, 0.2) is 5.78 Å². The molecule has 0 aromatic heterocycles. The van der Waals surface area contributed by atoms with Gasteiger partial charge in [-0.3, -0.25) is 9.69 Å². The Morgan fingerprint density at radius 1 is 1.45 bits per heavy atom. The van der Waals surface area contributed by atoms with E-state index in [1.54, 1.807) is 14.0 Å². The second kappa shape index (κ2) is 6.37. The normalized spacial score (nSPS) is 23.6. The Bertz CT molecular complexity index is 487. The van der Waals surface area contributed by atoms with E-state index in [4.69, 9.17) is 9.47 Å². The minimum atomic E-state index is 0.0808. The number of Topliss-reactive ketones (excluding diaryl/α,β-unsaturated/α-hetero) is 1. The zero-order chi connectivity index (χ0) is 14.7. The van der Waals surface area contributed by atoms with Crippen LogP contribution in [0, 0.1) is 0 Å². The minimum Gasteiger partial charge on any atom is -0.496 e. The first-order valence-corrected chi connectivity index (χ1v) is 7.04. The van der Waals surface area contributed by atoms with Gasteiger partial charge in [0, 0.05) is 30.3 Å². The van der Waals surface area contributed by atoms with Crippen molar-refractivity contribution in [3.63, 3.8) is 0 Å². The summed E-state index contributed by atoms with van der Waals surface area (Å²) >= 11 is 0. The first kappa shape index (κ1) is 15.0. The van der Waals surface area contributed by atoms with Crippen molar-refractivity contribution in [2.45, 2.75) is 39.5 Å². The molecule has 0 aliphatic carbocycles. The van der Waals surface area contributed by atoms with Crippen LogP contribution in [0.2, 0.25) is 0 Å². The van der Waals surface area contributed by atoms with Crippen molar-refractivity contribution in [3.8, 4) is 5.75 Å². The third-order valence-corrected chi connectivity index (χ3v) is 3.80. The molecule has 1 aliphatic rings. The lowest BCUT2D eigenvalue weighted by Gasteiger charge is -2.37. The number of methoxy groups -OCH3 is 1. The van der Waals surface area contributed by atoms with E-state index in [2.05, 4.69) is 18.7 Å². The number of rotatable bonds is 4. The molecule has 2 rings (SSSR count). The van der Waals surface area contributed by atoms with E-state index in [0.29, 0.717) is 6.04 Å². The van der Waals surface area contributed by atoms with Crippen molar-refractivity contribution in [2.75, 3.05) is 20.3 Å². The summed E-state index contributed by atoms with van der Waals surface area (Å²) in [4.78, 5) is 13.9. The maximum atomic E-state index is 11.5. The average molecular weight is 277 g/mol. The highest BCUT2D eigenvalue weighted by Crippen LogP contribution is 2.24. The fourth-order valence-corrected chi connectivity index (χ4v) is 2.53. The monoisotopic (exact) mass is 277 g/mol. The molecule has 1 aromatic rings. The van der Waals surface area contributed by atoms with Crippen LogP contribution in [0.15, 0.2) is 18.2 Å². The maximum absolute atomic E-state index is 11.5. The summed E-state index contributed by atoms with van der Waals surface area (Å²) in [7, 11) is 1.66. The van der Waals surface area contributed by atoms with E-state index in [-0.39, 0.29) is 11.9 Å². The molecule has 2 unspecified atom stereocenters. The highest BCUT2D eigenvalue weighted by atomic mass is 16.5. The number of hydrogen-bond donors (Lipinski definition) is 0. The number of morpholine rings is 1. The predicted octanol–water partition coefficient (Wildman–Crippen LogP) is 2.51. The van der Waals surface area contributed by atoms with Crippen molar-refractivity contribution in [1.82, 2.24) is 4.90 Å². The molecule has 0 saturated carbocycles. The highest BCUT2D eigenvalue weighted by Gasteiger charge is 2.24. The smallest absolute Gasteiger partial charge is 0.159 e. The Balaban J connectivity index is 2.22. The minimum absolute atomic E-state index is 0.0808. The van der Waals surface area contributed by atoms with Crippen LogP contribution < -0.4 is 4.74 Å².